The van der Waals surface area contributed by atoms with Gasteiger partial charge in [0.15, 0.2) is 0 Å². The molecular formula is C28H30F12N2O2. The molecule has 2 aromatic rings. The van der Waals surface area contributed by atoms with Gasteiger partial charge in [0.05, 0.1) is 0 Å². The number of rotatable bonds is 12. The molecule has 16 heteroatoms. The lowest BCUT2D eigenvalue weighted by Crippen LogP contribution is -2.54. The number of alkyl halides is 12. The van der Waals surface area contributed by atoms with Crippen LogP contribution >= 0.6 is 0 Å². The first kappa shape index (κ1) is 35.9. The molecule has 248 valence electrons. The number of hydrogen-bond donors (Lipinski definition) is 0. The maximum Gasteiger partial charge on any atom is 0.467 e. The van der Waals surface area contributed by atoms with Crippen LogP contribution in [0.2, 0.25) is 0 Å². The topological polar surface area (TPSA) is 24.9 Å². The average Bonchev–Trinajstić information content (AvgIpc) is 2.90. The SMILES string of the molecule is COC1(CCCCN(C(F)(F)F)C(F)(F)F)c2ccccc2-c2ccccc2C1(CCCCN(C(F)(F)F)C(F)(F)F)OC. The summed E-state index contributed by atoms with van der Waals surface area (Å²) in [5.41, 5.74) is -1.04. The molecule has 2 unspecified atom stereocenters. The van der Waals surface area contributed by atoms with Crippen LogP contribution in [0.4, 0.5) is 52.7 Å². The Bertz CT molecular complexity index is 1120. The quantitative estimate of drug-likeness (QED) is 0.130. The van der Waals surface area contributed by atoms with E-state index in [0.29, 0.717) is 22.3 Å². The summed E-state index contributed by atoms with van der Waals surface area (Å²) in [6.45, 7) is -2.81. The Morgan fingerprint density at radius 1 is 0.500 bits per heavy atom. The summed E-state index contributed by atoms with van der Waals surface area (Å²) in [5, 5.41) is 0. The van der Waals surface area contributed by atoms with Crippen LogP contribution in [0.5, 0.6) is 0 Å². The highest BCUT2D eigenvalue weighted by Crippen LogP contribution is 2.59. The number of hydrogen-bond acceptors (Lipinski definition) is 4. The molecule has 3 rings (SSSR count). The predicted molar refractivity (Wildman–Crippen MR) is 135 cm³/mol. The van der Waals surface area contributed by atoms with Crippen molar-refractivity contribution in [3.05, 3.63) is 59.7 Å². The molecule has 2 atom stereocenters. The Morgan fingerprint density at radius 2 is 0.795 bits per heavy atom. The van der Waals surface area contributed by atoms with Gasteiger partial charge < -0.3 is 9.47 Å². The highest BCUT2D eigenvalue weighted by atomic mass is 19.4. The molecule has 0 bridgehead atoms. The Labute approximate surface area is 245 Å². The van der Waals surface area contributed by atoms with Crippen LogP contribution in [0, 0.1) is 0 Å². The van der Waals surface area contributed by atoms with Crippen molar-refractivity contribution < 1.29 is 62.2 Å². The molecule has 44 heavy (non-hydrogen) atoms. The Kier molecular flexibility index (Phi) is 10.6. The van der Waals surface area contributed by atoms with Crippen molar-refractivity contribution in [2.24, 2.45) is 0 Å². The highest BCUT2D eigenvalue weighted by molar-refractivity contribution is 5.76. The third kappa shape index (κ3) is 7.12. The van der Waals surface area contributed by atoms with Gasteiger partial charge >= 0.3 is 25.2 Å². The van der Waals surface area contributed by atoms with Crippen molar-refractivity contribution in [2.45, 2.75) is 74.9 Å². The molecule has 0 saturated carbocycles. The van der Waals surface area contributed by atoms with Crippen LogP contribution in [-0.4, -0.2) is 62.3 Å². The molecule has 0 aromatic heterocycles. The maximum atomic E-state index is 13.1. The summed E-state index contributed by atoms with van der Waals surface area (Å²) in [6, 6.07) is 13.4. The van der Waals surface area contributed by atoms with Crippen LogP contribution < -0.4 is 0 Å². The van der Waals surface area contributed by atoms with Gasteiger partial charge in [0.1, 0.15) is 11.2 Å². The summed E-state index contributed by atoms with van der Waals surface area (Å²) in [5.74, 6) is 0. The monoisotopic (exact) mass is 654 g/mol. The van der Waals surface area contributed by atoms with Crippen molar-refractivity contribution in [1.82, 2.24) is 9.80 Å². The largest absolute Gasteiger partial charge is 0.467 e. The second kappa shape index (κ2) is 13.0. The smallest absolute Gasteiger partial charge is 0.370 e. The lowest BCUT2D eigenvalue weighted by atomic mass is 9.61. The van der Waals surface area contributed by atoms with Gasteiger partial charge in [-0.3, -0.25) is 0 Å². The Morgan fingerprint density at radius 3 is 1.07 bits per heavy atom. The van der Waals surface area contributed by atoms with E-state index in [0.717, 1.165) is 0 Å². The summed E-state index contributed by atoms with van der Waals surface area (Å²) >= 11 is 0. The summed E-state index contributed by atoms with van der Waals surface area (Å²) in [4.78, 5) is -3.08. The fraction of sp³-hybridized carbons (Fsp3) is 0.571. The summed E-state index contributed by atoms with van der Waals surface area (Å²) < 4.78 is 169. The average molecular weight is 655 g/mol. The van der Waals surface area contributed by atoms with Gasteiger partial charge in [0.2, 0.25) is 0 Å². The summed E-state index contributed by atoms with van der Waals surface area (Å²) in [6.07, 6.45) is -24.7. The van der Waals surface area contributed by atoms with E-state index in [1.165, 1.54) is 14.2 Å². The molecule has 0 heterocycles. The van der Waals surface area contributed by atoms with Crippen LogP contribution in [0.3, 0.4) is 0 Å². The fourth-order valence-electron chi connectivity index (χ4n) is 6.08. The zero-order valence-corrected chi connectivity index (χ0v) is 23.5. The molecule has 0 N–H and O–H groups in total. The lowest BCUT2D eigenvalue weighted by Gasteiger charge is -2.53. The fourth-order valence-corrected chi connectivity index (χ4v) is 6.08. The van der Waals surface area contributed by atoms with E-state index in [4.69, 9.17) is 9.47 Å². The molecule has 0 radical (unpaired) electrons. The zero-order chi connectivity index (χ0) is 33.2. The Hall–Kier alpha value is -2.56. The van der Waals surface area contributed by atoms with Gasteiger partial charge in [0.25, 0.3) is 0 Å². The van der Waals surface area contributed by atoms with E-state index >= 15 is 0 Å². The molecule has 4 nitrogen and oxygen atoms in total. The van der Waals surface area contributed by atoms with Crippen molar-refractivity contribution in [3.8, 4) is 11.1 Å². The van der Waals surface area contributed by atoms with Crippen LogP contribution in [0.15, 0.2) is 48.5 Å². The number of nitrogens with zero attached hydrogens (tertiary/aromatic N) is 2. The van der Waals surface area contributed by atoms with Gasteiger partial charge in [-0.25, -0.2) is 0 Å². The maximum absolute atomic E-state index is 13.1. The molecule has 0 saturated heterocycles. The standard InChI is InChI=1S/C28H30F12N2O2/c1-43-23(15-7-9-17-41(25(29,30)31)26(32,33)34)21-13-5-3-11-19(21)20-12-4-6-14-22(20)24(23,44-2)16-8-10-18-42(27(35,36)37)28(38,39)40/h3-6,11-14H,7-10,15-18H2,1-2H3. The molecule has 2 aromatic carbocycles. The highest BCUT2D eigenvalue weighted by Gasteiger charge is 2.59. The van der Waals surface area contributed by atoms with Gasteiger partial charge in [-0.15, -0.1) is 9.80 Å². The molecule has 1 aliphatic carbocycles. The first-order valence-electron chi connectivity index (χ1n) is 13.4. The van der Waals surface area contributed by atoms with Crippen LogP contribution in [-0.2, 0) is 20.7 Å². The van der Waals surface area contributed by atoms with Crippen molar-refractivity contribution >= 4 is 0 Å². The minimum atomic E-state index is -5.68. The first-order valence-corrected chi connectivity index (χ1v) is 13.4. The molecular weight excluding hydrogens is 624 g/mol. The molecule has 0 spiro atoms. The third-order valence-corrected chi connectivity index (χ3v) is 7.91. The van der Waals surface area contributed by atoms with E-state index in [9.17, 15) is 52.7 Å². The van der Waals surface area contributed by atoms with E-state index in [1.807, 2.05) is 0 Å². The van der Waals surface area contributed by atoms with Gasteiger partial charge in [-0.1, -0.05) is 48.5 Å². The van der Waals surface area contributed by atoms with E-state index in [2.05, 4.69) is 0 Å². The minimum absolute atomic E-state index is 0.191. The first-order chi connectivity index (χ1) is 20.3. The number of ether oxygens (including phenoxy) is 2. The molecule has 0 fully saturated rings. The van der Waals surface area contributed by atoms with Gasteiger partial charge in [-0.05, 0) is 60.8 Å². The minimum Gasteiger partial charge on any atom is -0.370 e. The van der Waals surface area contributed by atoms with Gasteiger partial charge in [0, 0.05) is 27.3 Å². The number of benzene rings is 2. The van der Waals surface area contributed by atoms with Crippen molar-refractivity contribution in [2.75, 3.05) is 27.3 Å². The number of fused-ring (bicyclic) bond motifs is 3. The zero-order valence-electron chi connectivity index (χ0n) is 23.5. The molecule has 0 aliphatic heterocycles. The molecule has 1 aliphatic rings. The van der Waals surface area contributed by atoms with E-state index in [-0.39, 0.29) is 25.7 Å². The summed E-state index contributed by atoms with van der Waals surface area (Å²) in [7, 11) is 2.51. The Balaban J connectivity index is 2.00. The van der Waals surface area contributed by atoms with E-state index in [1.54, 1.807) is 48.5 Å². The lowest BCUT2D eigenvalue weighted by molar-refractivity contribution is -0.374. The van der Waals surface area contributed by atoms with Crippen LogP contribution in [0.25, 0.3) is 11.1 Å². The molecule has 0 amide bonds. The van der Waals surface area contributed by atoms with Gasteiger partial charge in [-0.2, -0.15) is 52.7 Å². The van der Waals surface area contributed by atoms with Crippen molar-refractivity contribution in [1.29, 1.82) is 0 Å². The second-order valence-electron chi connectivity index (χ2n) is 10.2. The van der Waals surface area contributed by atoms with E-state index < -0.39 is 72.1 Å². The number of methoxy groups -OCH3 is 2. The normalized spacial score (nSPS) is 21.1. The number of unbranched alkanes of at least 4 members (excludes halogenated alkanes) is 2. The van der Waals surface area contributed by atoms with Crippen molar-refractivity contribution in [3.63, 3.8) is 0 Å². The number of halogens is 12. The van der Waals surface area contributed by atoms with Crippen LogP contribution in [0.1, 0.15) is 49.7 Å². The predicted octanol–water partition coefficient (Wildman–Crippen LogP) is 9.07. The second-order valence-corrected chi connectivity index (χ2v) is 10.2. The third-order valence-electron chi connectivity index (χ3n) is 7.91.